The van der Waals surface area contributed by atoms with Crippen LogP contribution in [-0.4, -0.2) is 50.8 Å². The summed E-state index contributed by atoms with van der Waals surface area (Å²) in [5, 5.41) is 9.01. The standard InChI is InChI=1S/C28H32N4O4/c1-3-36-24-14-10-22(11-15-24)31-28(34)25-6-4-5-7-26(25)29-20(2)27(33)30-21-8-12-23(13-9-21)32-16-18-35-19-17-32/h4-15,20,29H,3,16-19H2,1-2H3,(H,30,33)(H,31,34)/t20-/m0/s1. The quantitative estimate of drug-likeness (QED) is 0.407. The Bertz CT molecular complexity index is 1160. The molecule has 1 fully saturated rings. The SMILES string of the molecule is CCOc1ccc(NC(=O)c2ccccc2N[C@@H](C)C(=O)Nc2ccc(N3CCOCC3)cc2)cc1. The Morgan fingerprint density at radius 2 is 1.56 bits per heavy atom. The van der Waals surface area contributed by atoms with Gasteiger partial charge in [0.15, 0.2) is 0 Å². The highest BCUT2D eigenvalue weighted by atomic mass is 16.5. The van der Waals surface area contributed by atoms with E-state index >= 15 is 0 Å². The van der Waals surface area contributed by atoms with Crippen LogP contribution in [0.3, 0.4) is 0 Å². The Balaban J connectivity index is 1.36. The molecule has 1 aliphatic heterocycles. The van der Waals surface area contributed by atoms with E-state index < -0.39 is 6.04 Å². The molecule has 3 N–H and O–H groups in total. The van der Waals surface area contributed by atoms with E-state index in [4.69, 9.17) is 9.47 Å². The van der Waals surface area contributed by atoms with E-state index in [0.717, 1.165) is 37.7 Å². The van der Waals surface area contributed by atoms with Crippen LogP contribution < -0.4 is 25.6 Å². The summed E-state index contributed by atoms with van der Waals surface area (Å²) < 4.78 is 10.8. The molecule has 2 amide bonds. The van der Waals surface area contributed by atoms with Crippen LogP contribution in [0.15, 0.2) is 72.8 Å². The van der Waals surface area contributed by atoms with Crippen LogP contribution in [0.2, 0.25) is 0 Å². The van der Waals surface area contributed by atoms with Crippen LogP contribution in [0.25, 0.3) is 0 Å². The zero-order chi connectivity index (χ0) is 25.3. The molecule has 8 heteroatoms. The van der Waals surface area contributed by atoms with E-state index in [0.29, 0.717) is 29.2 Å². The van der Waals surface area contributed by atoms with E-state index in [1.807, 2.05) is 49.4 Å². The van der Waals surface area contributed by atoms with Gasteiger partial charge in [-0.2, -0.15) is 0 Å². The lowest BCUT2D eigenvalue weighted by Gasteiger charge is -2.29. The maximum Gasteiger partial charge on any atom is 0.257 e. The first-order valence-electron chi connectivity index (χ1n) is 12.2. The molecule has 1 aliphatic rings. The number of benzene rings is 3. The number of rotatable bonds is 9. The summed E-state index contributed by atoms with van der Waals surface area (Å²) in [7, 11) is 0. The van der Waals surface area contributed by atoms with Crippen LogP contribution in [0.4, 0.5) is 22.7 Å². The van der Waals surface area contributed by atoms with Gasteiger partial charge in [0.1, 0.15) is 11.8 Å². The van der Waals surface area contributed by atoms with Gasteiger partial charge >= 0.3 is 0 Å². The second kappa shape index (κ2) is 12.1. The Morgan fingerprint density at radius 3 is 2.25 bits per heavy atom. The number of ether oxygens (including phenoxy) is 2. The third-order valence-corrected chi connectivity index (χ3v) is 5.87. The molecule has 3 aromatic rings. The largest absolute Gasteiger partial charge is 0.494 e. The summed E-state index contributed by atoms with van der Waals surface area (Å²) in [5.41, 5.74) is 3.50. The number of carbonyl (C=O) groups excluding carboxylic acids is 2. The molecular formula is C28H32N4O4. The number of hydrogen-bond acceptors (Lipinski definition) is 6. The van der Waals surface area contributed by atoms with Crippen molar-refractivity contribution >= 4 is 34.6 Å². The maximum absolute atomic E-state index is 13.0. The van der Waals surface area contributed by atoms with Crippen molar-refractivity contribution in [1.82, 2.24) is 0 Å². The molecule has 36 heavy (non-hydrogen) atoms. The Kier molecular flexibility index (Phi) is 8.41. The molecule has 0 spiro atoms. The number of morpholine rings is 1. The van der Waals surface area contributed by atoms with Crippen molar-refractivity contribution in [1.29, 1.82) is 0 Å². The third kappa shape index (κ3) is 6.55. The van der Waals surface area contributed by atoms with Crippen molar-refractivity contribution in [2.75, 3.05) is 53.8 Å². The number of amides is 2. The van der Waals surface area contributed by atoms with Gasteiger partial charge in [-0.3, -0.25) is 9.59 Å². The monoisotopic (exact) mass is 488 g/mol. The summed E-state index contributed by atoms with van der Waals surface area (Å²) in [6, 6.07) is 21.5. The smallest absolute Gasteiger partial charge is 0.257 e. The molecule has 1 heterocycles. The lowest BCUT2D eigenvalue weighted by Crippen LogP contribution is -2.36. The highest BCUT2D eigenvalue weighted by Gasteiger charge is 2.18. The predicted octanol–water partition coefficient (Wildman–Crippen LogP) is 4.61. The van der Waals surface area contributed by atoms with E-state index in [-0.39, 0.29) is 11.8 Å². The summed E-state index contributed by atoms with van der Waals surface area (Å²) in [6.07, 6.45) is 0. The number of carbonyl (C=O) groups is 2. The molecule has 0 saturated carbocycles. The summed E-state index contributed by atoms with van der Waals surface area (Å²) in [6.45, 7) is 7.43. The zero-order valence-corrected chi connectivity index (χ0v) is 20.6. The number of para-hydroxylation sites is 1. The molecule has 8 nitrogen and oxygen atoms in total. The van der Waals surface area contributed by atoms with Crippen molar-refractivity contribution in [3.05, 3.63) is 78.4 Å². The fourth-order valence-electron chi connectivity index (χ4n) is 3.93. The molecule has 0 aliphatic carbocycles. The normalized spacial score (nSPS) is 14.0. The van der Waals surface area contributed by atoms with E-state index in [1.165, 1.54) is 0 Å². The molecule has 4 rings (SSSR count). The van der Waals surface area contributed by atoms with Crippen LogP contribution in [-0.2, 0) is 9.53 Å². The average molecular weight is 489 g/mol. The van der Waals surface area contributed by atoms with Gasteiger partial charge in [-0.05, 0) is 74.5 Å². The number of anilines is 4. The molecule has 1 atom stereocenters. The van der Waals surface area contributed by atoms with Gasteiger partial charge in [0.05, 0.1) is 25.4 Å². The third-order valence-electron chi connectivity index (χ3n) is 5.87. The van der Waals surface area contributed by atoms with E-state index in [1.54, 1.807) is 37.3 Å². The lowest BCUT2D eigenvalue weighted by atomic mass is 10.1. The van der Waals surface area contributed by atoms with Gasteiger partial charge in [-0.1, -0.05) is 12.1 Å². The fraction of sp³-hybridized carbons (Fsp3) is 0.286. The van der Waals surface area contributed by atoms with Gasteiger partial charge in [0, 0.05) is 35.8 Å². The zero-order valence-electron chi connectivity index (χ0n) is 20.6. The number of nitrogens with one attached hydrogen (secondary N) is 3. The Hall–Kier alpha value is -4.04. The molecule has 3 aromatic carbocycles. The van der Waals surface area contributed by atoms with Crippen molar-refractivity contribution in [3.63, 3.8) is 0 Å². The van der Waals surface area contributed by atoms with Gasteiger partial charge in [0.25, 0.3) is 5.91 Å². The first-order chi connectivity index (χ1) is 17.5. The van der Waals surface area contributed by atoms with E-state index in [9.17, 15) is 9.59 Å². The second-order valence-electron chi connectivity index (χ2n) is 8.46. The average Bonchev–Trinajstić information content (AvgIpc) is 2.91. The molecular weight excluding hydrogens is 456 g/mol. The Labute approximate surface area is 211 Å². The molecule has 0 unspecified atom stereocenters. The van der Waals surface area contributed by atoms with Crippen LogP contribution in [0.1, 0.15) is 24.2 Å². The van der Waals surface area contributed by atoms with Gasteiger partial charge in [0.2, 0.25) is 5.91 Å². The number of hydrogen-bond donors (Lipinski definition) is 3. The molecule has 0 bridgehead atoms. The first kappa shape index (κ1) is 25.1. The van der Waals surface area contributed by atoms with E-state index in [2.05, 4.69) is 20.9 Å². The maximum atomic E-state index is 13.0. The number of nitrogens with zero attached hydrogens (tertiary/aromatic N) is 1. The minimum atomic E-state index is -0.566. The van der Waals surface area contributed by atoms with Gasteiger partial charge < -0.3 is 30.3 Å². The Morgan fingerprint density at radius 1 is 0.917 bits per heavy atom. The minimum absolute atomic E-state index is 0.198. The predicted molar refractivity (Wildman–Crippen MR) is 143 cm³/mol. The van der Waals surface area contributed by atoms with Crippen molar-refractivity contribution in [3.8, 4) is 5.75 Å². The molecule has 1 saturated heterocycles. The highest BCUT2D eigenvalue weighted by Crippen LogP contribution is 2.22. The summed E-state index contributed by atoms with van der Waals surface area (Å²) in [5.74, 6) is 0.276. The first-order valence-corrected chi connectivity index (χ1v) is 12.2. The van der Waals surface area contributed by atoms with Crippen molar-refractivity contribution < 1.29 is 19.1 Å². The highest BCUT2D eigenvalue weighted by molar-refractivity contribution is 6.08. The molecule has 188 valence electrons. The van der Waals surface area contributed by atoms with Crippen LogP contribution in [0, 0.1) is 0 Å². The summed E-state index contributed by atoms with van der Waals surface area (Å²) >= 11 is 0. The fourth-order valence-corrected chi connectivity index (χ4v) is 3.93. The minimum Gasteiger partial charge on any atom is -0.494 e. The topological polar surface area (TPSA) is 91.9 Å². The van der Waals surface area contributed by atoms with Crippen LogP contribution in [0.5, 0.6) is 5.75 Å². The van der Waals surface area contributed by atoms with Crippen LogP contribution >= 0.6 is 0 Å². The van der Waals surface area contributed by atoms with Crippen molar-refractivity contribution in [2.45, 2.75) is 19.9 Å². The second-order valence-corrected chi connectivity index (χ2v) is 8.46. The van der Waals surface area contributed by atoms with Gasteiger partial charge in [-0.25, -0.2) is 0 Å². The summed E-state index contributed by atoms with van der Waals surface area (Å²) in [4.78, 5) is 28.1. The van der Waals surface area contributed by atoms with Gasteiger partial charge in [-0.15, -0.1) is 0 Å². The molecule has 0 radical (unpaired) electrons. The van der Waals surface area contributed by atoms with Crippen molar-refractivity contribution in [2.24, 2.45) is 0 Å². The lowest BCUT2D eigenvalue weighted by molar-refractivity contribution is -0.116. The molecule has 0 aromatic heterocycles.